The Balaban J connectivity index is 2.33. The highest BCUT2D eigenvalue weighted by Crippen LogP contribution is 2.41. The first-order valence-corrected chi connectivity index (χ1v) is 11.4. The number of nitrogens with zero attached hydrogens (tertiary/aromatic N) is 3. The summed E-state index contributed by atoms with van der Waals surface area (Å²) in [6.07, 6.45) is 4.00. The van der Waals surface area contributed by atoms with E-state index in [0.29, 0.717) is 5.56 Å². The minimum atomic E-state index is -4.36. The lowest BCUT2D eigenvalue weighted by Gasteiger charge is -2.28. The van der Waals surface area contributed by atoms with Gasteiger partial charge in [-0.25, -0.2) is 27.1 Å². The monoisotopic (exact) mass is 400 g/mol. The molecule has 1 aromatic heterocycles. The summed E-state index contributed by atoms with van der Waals surface area (Å²) in [5, 5.41) is 18.7. The number of aromatic nitrogens is 4. The number of tetrazole rings is 1. The van der Waals surface area contributed by atoms with Crippen molar-refractivity contribution in [1.29, 1.82) is 0 Å². The predicted octanol–water partition coefficient (Wildman–Crippen LogP) is -0.0975. The van der Waals surface area contributed by atoms with Crippen molar-refractivity contribution in [2.45, 2.75) is 47.4 Å². The second-order valence-electron chi connectivity index (χ2n) is 6.54. The number of hydrogen-bond donors (Lipinski definition) is 3. The summed E-state index contributed by atoms with van der Waals surface area (Å²) in [4.78, 5) is -0.853. The Morgan fingerprint density at radius 2 is 1.77 bits per heavy atom. The molecule has 0 aliphatic heterocycles. The summed E-state index contributed by atoms with van der Waals surface area (Å²) >= 11 is 0. The molecule has 0 atom stereocenters. The van der Waals surface area contributed by atoms with Crippen molar-refractivity contribution < 1.29 is 16.8 Å². The normalized spacial score (nSPS) is 21.7. The summed E-state index contributed by atoms with van der Waals surface area (Å²) in [6.45, 7) is 0. The van der Waals surface area contributed by atoms with E-state index in [1.54, 1.807) is 6.07 Å². The second-order valence-corrected chi connectivity index (χ2v) is 10.0. The molecule has 0 unspecified atom stereocenters. The number of benzene rings is 1. The van der Waals surface area contributed by atoms with Gasteiger partial charge in [0.1, 0.15) is 4.90 Å². The van der Waals surface area contributed by atoms with E-state index in [9.17, 15) is 16.8 Å². The zero-order valence-electron chi connectivity index (χ0n) is 14.1. The maximum absolute atomic E-state index is 12.3. The van der Waals surface area contributed by atoms with Crippen LogP contribution in [0.2, 0.25) is 0 Å². The minimum absolute atomic E-state index is 0.00371. The third kappa shape index (κ3) is 3.63. The SMILES string of the molecule is CS(=O)(=O)c1ccc([C@H]2CC[C@H](N)CC2)c(-c2nnn[nH]2)c1S(N)(=O)=O. The van der Waals surface area contributed by atoms with Crippen molar-refractivity contribution in [3.05, 3.63) is 17.7 Å². The van der Waals surface area contributed by atoms with Gasteiger partial charge in [-0.1, -0.05) is 6.07 Å². The molecule has 1 fully saturated rings. The molecule has 1 heterocycles. The van der Waals surface area contributed by atoms with E-state index in [-0.39, 0.29) is 28.2 Å². The fourth-order valence-corrected chi connectivity index (χ4v) is 5.84. The first-order valence-electron chi connectivity index (χ1n) is 7.98. The number of hydrogen-bond acceptors (Lipinski definition) is 8. The van der Waals surface area contributed by atoms with E-state index >= 15 is 0 Å². The van der Waals surface area contributed by atoms with Gasteiger partial charge in [-0.2, -0.15) is 0 Å². The summed E-state index contributed by atoms with van der Waals surface area (Å²) in [5.74, 6) is 0.0633. The van der Waals surface area contributed by atoms with Crippen LogP contribution < -0.4 is 10.9 Å². The molecule has 2 aromatic rings. The molecule has 142 valence electrons. The molecule has 26 heavy (non-hydrogen) atoms. The van der Waals surface area contributed by atoms with Crippen LogP contribution in [-0.4, -0.2) is 49.8 Å². The molecular weight excluding hydrogens is 380 g/mol. The Morgan fingerprint density at radius 1 is 1.12 bits per heavy atom. The number of H-pyrrole nitrogens is 1. The lowest BCUT2D eigenvalue weighted by molar-refractivity contribution is 0.395. The van der Waals surface area contributed by atoms with Crippen LogP contribution in [-0.2, 0) is 19.9 Å². The Hall–Kier alpha value is -1.89. The van der Waals surface area contributed by atoms with E-state index in [2.05, 4.69) is 20.6 Å². The van der Waals surface area contributed by atoms with Crippen LogP contribution in [0.5, 0.6) is 0 Å². The van der Waals surface area contributed by atoms with Crippen LogP contribution in [0.3, 0.4) is 0 Å². The molecule has 10 nitrogen and oxygen atoms in total. The minimum Gasteiger partial charge on any atom is -0.328 e. The van der Waals surface area contributed by atoms with Crippen molar-refractivity contribution >= 4 is 19.9 Å². The molecule has 3 rings (SSSR count). The van der Waals surface area contributed by atoms with Gasteiger partial charge >= 0.3 is 0 Å². The maximum atomic E-state index is 12.3. The first-order chi connectivity index (χ1) is 12.1. The van der Waals surface area contributed by atoms with E-state index in [4.69, 9.17) is 10.9 Å². The molecular formula is C14H20N6O4S2. The predicted molar refractivity (Wildman–Crippen MR) is 93.3 cm³/mol. The summed E-state index contributed by atoms with van der Waals surface area (Å²) in [6, 6.07) is 3.01. The lowest BCUT2D eigenvalue weighted by Crippen LogP contribution is -2.26. The lowest BCUT2D eigenvalue weighted by atomic mass is 9.80. The van der Waals surface area contributed by atoms with Gasteiger partial charge in [0.25, 0.3) is 0 Å². The van der Waals surface area contributed by atoms with Gasteiger partial charge < -0.3 is 5.73 Å². The zero-order valence-corrected chi connectivity index (χ0v) is 15.7. The topological polar surface area (TPSA) is 175 Å². The fourth-order valence-electron chi connectivity index (χ4n) is 3.43. The Labute approximate surface area is 151 Å². The van der Waals surface area contributed by atoms with Crippen LogP contribution in [0, 0.1) is 0 Å². The van der Waals surface area contributed by atoms with Crippen LogP contribution >= 0.6 is 0 Å². The van der Waals surface area contributed by atoms with Gasteiger partial charge in [0, 0.05) is 17.9 Å². The molecule has 0 bridgehead atoms. The van der Waals surface area contributed by atoms with E-state index < -0.39 is 24.8 Å². The Morgan fingerprint density at radius 3 is 2.27 bits per heavy atom. The van der Waals surface area contributed by atoms with Gasteiger partial charge in [-0.3, -0.25) is 0 Å². The summed E-state index contributed by atoms with van der Waals surface area (Å²) < 4.78 is 48.9. The quantitative estimate of drug-likeness (QED) is 0.637. The van der Waals surface area contributed by atoms with E-state index in [0.717, 1.165) is 31.9 Å². The molecule has 1 saturated carbocycles. The first kappa shape index (κ1) is 18.9. The van der Waals surface area contributed by atoms with Crippen LogP contribution in [0.15, 0.2) is 21.9 Å². The number of rotatable bonds is 4. The zero-order chi connectivity index (χ0) is 19.1. The van der Waals surface area contributed by atoms with E-state index in [1.807, 2.05) is 0 Å². The molecule has 0 spiro atoms. The molecule has 0 radical (unpaired) electrons. The third-order valence-electron chi connectivity index (χ3n) is 4.63. The number of primary sulfonamides is 1. The van der Waals surface area contributed by atoms with Crippen LogP contribution in [0.25, 0.3) is 11.4 Å². The number of nitrogens with one attached hydrogen (secondary N) is 1. The third-order valence-corrected chi connectivity index (χ3v) is 6.89. The number of sulfone groups is 1. The standard InChI is InChI=1S/C14H20N6O4S2/c1-25(21,22)11-7-6-10(8-2-4-9(15)5-3-8)12(13(11)26(16,23)24)14-17-19-20-18-14/h6-9H,2-5,15H2,1H3,(H2,16,23,24)(H,17,18,19,20)/t8-,9-. The van der Waals surface area contributed by atoms with Gasteiger partial charge in [-0.15, -0.1) is 5.10 Å². The Bertz CT molecular complexity index is 1010. The molecule has 5 N–H and O–H groups in total. The number of sulfonamides is 1. The molecule has 0 saturated heterocycles. The molecule has 0 amide bonds. The Kier molecular flexibility index (Phi) is 4.86. The summed E-state index contributed by atoms with van der Waals surface area (Å²) in [5.41, 5.74) is 6.71. The number of nitrogens with two attached hydrogens (primary N) is 2. The van der Waals surface area contributed by atoms with Crippen LogP contribution in [0.4, 0.5) is 0 Å². The maximum Gasteiger partial charge on any atom is 0.240 e. The van der Waals surface area contributed by atoms with Crippen molar-refractivity contribution in [3.63, 3.8) is 0 Å². The smallest absolute Gasteiger partial charge is 0.240 e. The van der Waals surface area contributed by atoms with Crippen molar-refractivity contribution in [2.24, 2.45) is 10.9 Å². The average molecular weight is 400 g/mol. The van der Waals surface area contributed by atoms with E-state index in [1.165, 1.54) is 6.07 Å². The molecule has 12 heteroatoms. The number of aromatic amines is 1. The van der Waals surface area contributed by atoms with Gasteiger partial charge in [0.15, 0.2) is 15.7 Å². The second kappa shape index (κ2) is 6.68. The highest BCUT2D eigenvalue weighted by Gasteiger charge is 2.32. The van der Waals surface area contributed by atoms with Gasteiger partial charge in [0.05, 0.1) is 4.90 Å². The highest BCUT2D eigenvalue weighted by molar-refractivity contribution is 7.93. The van der Waals surface area contributed by atoms with Crippen molar-refractivity contribution in [1.82, 2.24) is 20.6 Å². The van der Waals surface area contributed by atoms with Crippen molar-refractivity contribution in [2.75, 3.05) is 6.26 Å². The van der Waals surface area contributed by atoms with Crippen LogP contribution in [0.1, 0.15) is 37.2 Å². The van der Waals surface area contributed by atoms with Gasteiger partial charge in [0.2, 0.25) is 10.0 Å². The highest BCUT2D eigenvalue weighted by atomic mass is 32.2. The van der Waals surface area contributed by atoms with Gasteiger partial charge in [-0.05, 0) is 53.7 Å². The molecule has 1 aliphatic carbocycles. The fraction of sp³-hybridized carbons (Fsp3) is 0.500. The van der Waals surface area contributed by atoms with Crippen molar-refractivity contribution in [3.8, 4) is 11.4 Å². The largest absolute Gasteiger partial charge is 0.328 e. The molecule has 1 aromatic carbocycles. The molecule has 1 aliphatic rings. The summed E-state index contributed by atoms with van der Waals surface area (Å²) in [7, 11) is -8.21. The average Bonchev–Trinajstić information content (AvgIpc) is 3.06.